The molecule has 0 spiro atoms. The molecule has 130 valence electrons. The largest absolute Gasteiger partial charge is 0.457 e. The van der Waals surface area contributed by atoms with E-state index < -0.39 is 16.1 Å². The number of terminal acetylenes is 1. The Bertz CT molecular complexity index is 999. The van der Waals surface area contributed by atoms with Gasteiger partial charge in [-0.2, -0.15) is 0 Å². The number of aryl methyl sites for hydroxylation is 1. The van der Waals surface area contributed by atoms with Gasteiger partial charge >= 0.3 is 0 Å². The van der Waals surface area contributed by atoms with E-state index in [1.54, 1.807) is 31.2 Å². The molecule has 1 aliphatic rings. The normalized spacial score (nSPS) is 15.5. The number of amides is 2. The van der Waals surface area contributed by atoms with Crippen molar-refractivity contribution in [3.05, 3.63) is 56.7 Å². The third-order valence-electron chi connectivity index (χ3n) is 3.71. The van der Waals surface area contributed by atoms with Crippen molar-refractivity contribution in [3.8, 4) is 23.7 Å². The maximum absolute atomic E-state index is 12.1. The number of hydrogen-bond acceptors (Lipinski definition) is 6. The molecule has 0 saturated carbocycles. The van der Waals surface area contributed by atoms with E-state index in [1.165, 1.54) is 12.1 Å². The fourth-order valence-electron chi connectivity index (χ4n) is 2.40. The number of nitrogens with zero attached hydrogens (tertiary/aromatic N) is 2. The van der Waals surface area contributed by atoms with E-state index in [2.05, 4.69) is 5.92 Å². The average molecular weight is 368 g/mol. The first kappa shape index (κ1) is 17.5. The third-order valence-corrected chi connectivity index (χ3v) is 4.62. The van der Waals surface area contributed by atoms with Crippen LogP contribution < -0.4 is 0 Å². The molecule has 1 aromatic heterocycles. The molecule has 0 radical (unpaired) electrons. The number of imide groups is 1. The molecule has 0 unspecified atom stereocenters. The summed E-state index contributed by atoms with van der Waals surface area (Å²) in [5.41, 5.74) is 1.09. The Morgan fingerprint density at radius 3 is 2.81 bits per heavy atom. The summed E-state index contributed by atoms with van der Waals surface area (Å²) >= 11 is 0.784. The van der Waals surface area contributed by atoms with Crippen LogP contribution >= 0.6 is 11.8 Å². The monoisotopic (exact) mass is 368 g/mol. The molecule has 0 bridgehead atoms. The summed E-state index contributed by atoms with van der Waals surface area (Å²) in [7, 11) is 0. The van der Waals surface area contributed by atoms with Crippen LogP contribution in [0.1, 0.15) is 11.3 Å². The van der Waals surface area contributed by atoms with Crippen molar-refractivity contribution in [2.24, 2.45) is 0 Å². The molecule has 1 aliphatic heterocycles. The Hall–Kier alpha value is -3.31. The van der Waals surface area contributed by atoms with Gasteiger partial charge in [-0.3, -0.25) is 24.6 Å². The molecular formula is C18H12N2O5S. The second kappa shape index (κ2) is 6.90. The summed E-state index contributed by atoms with van der Waals surface area (Å²) < 4.78 is 5.65. The lowest BCUT2D eigenvalue weighted by Gasteiger charge is -2.06. The maximum atomic E-state index is 12.1. The van der Waals surface area contributed by atoms with Gasteiger partial charge in [-0.1, -0.05) is 18.1 Å². The molecular weight excluding hydrogens is 356 g/mol. The van der Waals surface area contributed by atoms with Gasteiger partial charge in [-0.15, -0.1) is 6.42 Å². The first-order valence-electron chi connectivity index (χ1n) is 7.45. The van der Waals surface area contributed by atoms with Crippen molar-refractivity contribution >= 4 is 34.7 Å². The van der Waals surface area contributed by atoms with E-state index in [0.29, 0.717) is 22.6 Å². The summed E-state index contributed by atoms with van der Waals surface area (Å²) in [5.74, 6) is 2.57. The highest BCUT2D eigenvalue weighted by Gasteiger charge is 2.34. The van der Waals surface area contributed by atoms with E-state index in [-0.39, 0.29) is 17.1 Å². The van der Waals surface area contributed by atoms with Gasteiger partial charge in [0.25, 0.3) is 16.8 Å². The first-order chi connectivity index (χ1) is 12.4. The summed E-state index contributed by atoms with van der Waals surface area (Å²) in [6, 6.07) is 8.05. The molecule has 1 aromatic carbocycles. The molecule has 0 aliphatic carbocycles. The number of benzene rings is 1. The van der Waals surface area contributed by atoms with Gasteiger partial charge in [0.05, 0.1) is 16.4 Å². The van der Waals surface area contributed by atoms with E-state index in [4.69, 9.17) is 10.8 Å². The Labute approximate surface area is 152 Å². The second-order valence-electron chi connectivity index (χ2n) is 5.43. The fourth-order valence-corrected chi connectivity index (χ4v) is 3.22. The van der Waals surface area contributed by atoms with Crippen molar-refractivity contribution in [1.29, 1.82) is 0 Å². The number of nitro benzene ring substituents is 1. The maximum Gasteiger partial charge on any atom is 0.294 e. The number of thioether (sulfide) groups is 1. The van der Waals surface area contributed by atoms with E-state index in [0.717, 1.165) is 16.7 Å². The molecule has 0 N–H and O–H groups in total. The molecule has 2 amide bonds. The number of hydrogen-bond donors (Lipinski definition) is 0. The Kier molecular flexibility index (Phi) is 4.65. The number of nitro groups is 1. The summed E-state index contributed by atoms with van der Waals surface area (Å²) in [6.45, 7) is 1.57. The van der Waals surface area contributed by atoms with Crippen molar-refractivity contribution in [2.75, 3.05) is 6.54 Å². The van der Waals surface area contributed by atoms with Crippen molar-refractivity contribution in [2.45, 2.75) is 6.92 Å². The Balaban J connectivity index is 1.89. The zero-order valence-electron chi connectivity index (χ0n) is 13.6. The van der Waals surface area contributed by atoms with Gasteiger partial charge in [-0.05, 0) is 30.8 Å². The van der Waals surface area contributed by atoms with Gasteiger partial charge in [-0.25, -0.2) is 0 Å². The van der Waals surface area contributed by atoms with E-state index in [1.807, 2.05) is 0 Å². The lowest BCUT2D eigenvalue weighted by molar-refractivity contribution is -0.385. The smallest absolute Gasteiger partial charge is 0.294 e. The van der Waals surface area contributed by atoms with Crippen LogP contribution in [0.15, 0.2) is 39.7 Å². The van der Waals surface area contributed by atoms with Crippen LogP contribution in [0.2, 0.25) is 0 Å². The standard InChI is InChI=1S/C18H12N2O5S/c1-3-8-19-17(21)16(26-18(19)22)10-13-6-7-15(25-13)12-5-4-11(2)14(9-12)20(23)24/h1,4-7,9-10H,8H2,2H3/b16-10-. The molecule has 1 saturated heterocycles. The molecule has 0 atom stereocenters. The van der Waals surface area contributed by atoms with Crippen molar-refractivity contribution in [1.82, 2.24) is 4.90 Å². The van der Waals surface area contributed by atoms with Crippen molar-refractivity contribution < 1.29 is 18.9 Å². The van der Waals surface area contributed by atoms with Crippen LogP contribution in [0.5, 0.6) is 0 Å². The first-order valence-corrected chi connectivity index (χ1v) is 8.26. The predicted molar refractivity (Wildman–Crippen MR) is 97.0 cm³/mol. The van der Waals surface area contributed by atoms with Gasteiger partial charge in [0.15, 0.2) is 0 Å². The quantitative estimate of drug-likeness (QED) is 0.352. The molecule has 8 heteroatoms. The second-order valence-corrected chi connectivity index (χ2v) is 6.43. The predicted octanol–water partition coefficient (Wildman–Crippen LogP) is 3.83. The minimum absolute atomic E-state index is 0.00384. The number of furan rings is 1. The van der Waals surface area contributed by atoms with Crippen molar-refractivity contribution in [3.63, 3.8) is 0 Å². The SMILES string of the molecule is C#CCN1C(=O)S/C(=C\c2ccc(-c3ccc(C)c([N+](=O)[O-])c3)o2)C1=O. The molecule has 2 heterocycles. The molecule has 26 heavy (non-hydrogen) atoms. The highest BCUT2D eigenvalue weighted by atomic mass is 32.2. The third kappa shape index (κ3) is 3.25. The Morgan fingerprint density at radius 1 is 1.35 bits per heavy atom. The van der Waals surface area contributed by atoms with Crippen LogP contribution in [0.25, 0.3) is 17.4 Å². The zero-order valence-corrected chi connectivity index (χ0v) is 14.4. The van der Waals surface area contributed by atoms with Crippen LogP contribution in [-0.4, -0.2) is 27.5 Å². The van der Waals surface area contributed by atoms with Crippen LogP contribution in [-0.2, 0) is 4.79 Å². The number of carbonyl (C=O) groups is 2. The van der Waals surface area contributed by atoms with Gasteiger partial charge in [0.2, 0.25) is 0 Å². The van der Waals surface area contributed by atoms with Gasteiger partial charge in [0, 0.05) is 23.3 Å². The summed E-state index contributed by atoms with van der Waals surface area (Å²) in [6.07, 6.45) is 6.60. The van der Waals surface area contributed by atoms with Gasteiger partial charge in [0.1, 0.15) is 11.5 Å². The van der Waals surface area contributed by atoms with E-state index in [9.17, 15) is 19.7 Å². The van der Waals surface area contributed by atoms with E-state index >= 15 is 0 Å². The molecule has 1 fully saturated rings. The number of carbonyl (C=O) groups excluding carboxylic acids is 2. The summed E-state index contributed by atoms with van der Waals surface area (Å²) in [5, 5.41) is 10.6. The highest BCUT2D eigenvalue weighted by molar-refractivity contribution is 8.18. The average Bonchev–Trinajstić information content (AvgIpc) is 3.16. The van der Waals surface area contributed by atoms with Gasteiger partial charge < -0.3 is 4.42 Å². The molecule has 3 rings (SSSR count). The lowest BCUT2D eigenvalue weighted by atomic mass is 10.1. The van der Waals surface area contributed by atoms with Crippen LogP contribution in [0, 0.1) is 29.4 Å². The topological polar surface area (TPSA) is 93.7 Å². The summed E-state index contributed by atoms with van der Waals surface area (Å²) in [4.78, 5) is 35.7. The lowest BCUT2D eigenvalue weighted by Crippen LogP contribution is -2.28. The molecule has 2 aromatic rings. The minimum atomic E-state index is -0.470. The minimum Gasteiger partial charge on any atom is -0.457 e. The Morgan fingerprint density at radius 2 is 2.12 bits per heavy atom. The fraction of sp³-hybridized carbons (Fsp3) is 0.111. The van der Waals surface area contributed by atoms with Crippen LogP contribution in [0.4, 0.5) is 10.5 Å². The zero-order chi connectivity index (χ0) is 18.8. The molecule has 7 nitrogen and oxygen atoms in total. The van der Waals surface area contributed by atoms with Crippen LogP contribution in [0.3, 0.4) is 0 Å². The number of rotatable bonds is 4. The highest BCUT2D eigenvalue weighted by Crippen LogP contribution is 2.33.